The van der Waals surface area contributed by atoms with Crippen LogP contribution in [0.5, 0.6) is 0 Å². The van der Waals surface area contributed by atoms with Crippen molar-refractivity contribution >= 4 is 11.3 Å². The Morgan fingerprint density at radius 2 is 2.29 bits per heavy atom. The molecule has 5 nitrogen and oxygen atoms in total. The summed E-state index contributed by atoms with van der Waals surface area (Å²) in [5.41, 5.74) is 0. The average molecular weight is 249 g/mol. The van der Waals surface area contributed by atoms with E-state index in [0.29, 0.717) is 5.92 Å². The molecule has 1 fully saturated rings. The minimum Gasteiger partial charge on any atom is -0.317 e. The molecule has 2 aromatic heterocycles. The monoisotopic (exact) mass is 249 g/mol. The van der Waals surface area contributed by atoms with Crippen LogP contribution in [0.3, 0.4) is 0 Å². The van der Waals surface area contributed by atoms with Gasteiger partial charge in [0.1, 0.15) is 5.00 Å². The number of nitrogens with one attached hydrogen (secondary N) is 1. The maximum absolute atomic E-state index is 4.15. The molecule has 0 saturated carbocycles. The molecule has 17 heavy (non-hydrogen) atoms. The average Bonchev–Trinajstić information content (AvgIpc) is 3.00. The highest BCUT2D eigenvalue weighted by molar-refractivity contribution is 7.12. The fourth-order valence-corrected chi connectivity index (χ4v) is 2.93. The van der Waals surface area contributed by atoms with Gasteiger partial charge in [0.2, 0.25) is 0 Å². The normalized spacial score (nSPS) is 17.4. The van der Waals surface area contributed by atoms with E-state index in [-0.39, 0.29) is 0 Å². The molecular weight excluding hydrogens is 234 g/mol. The standard InChI is InChI=1S/C11H15N5S/c1-2-11(17-7-1)16-10(13-14-15-16)8-9-3-5-12-6-4-9/h1-2,7,9,12H,3-6,8H2. The molecule has 1 saturated heterocycles. The molecule has 0 atom stereocenters. The van der Waals surface area contributed by atoms with Crippen molar-refractivity contribution in [2.75, 3.05) is 13.1 Å². The number of rotatable bonds is 3. The van der Waals surface area contributed by atoms with Gasteiger partial charge in [-0.25, -0.2) is 0 Å². The van der Waals surface area contributed by atoms with Crippen LogP contribution >= 0.6 is 11.3 Å². The molecule has 1 N–H and O–H groups in total. The second-order valence-corrected chi connectivity index (χ2v) is 5.28. The Morgan fingerprint density at radius 1 is 1.41 bits per heavy atom. The summed E-state index contributed by atoms with van der Waals surface area (Å²) in [6, 6.07) is 4.07. The smallest absolute Gasteiger partial charge is 0.157 e. The minimum atomic E-state index is 0.709. The lowest BCUT2D eigenvalue weighted by Gasteiger charge is -2.21. The summed E-state index contributed by atoms with van der Waals surface area (Å²) in [7, 11) is 0. The Bertz CT molecular complexity index is 458. The molecule has 1 aliphatic heterocycles. The molecule has 1 aliphatic rings. The van der Waals surface area contributed by atoms with Gasteiger partial charge in [-0.15, -0.1) is 16.4 Å². The zero-order chi connectivity index (χ0) is 11.5. The molecule has 6 heteroatoms. The summed E-state index contributed by atoms with van der Waals surface area (Å²) in [5.74, 6) is 1.69. The van der Waals surface area contributed by atoms with Crippen molar-refractivity contribution < 1.29 is 0 Å². The SMILES string of the molecule is c1csc(-n2nnnc2CC2CCNCC2)c1. The summed E-state index contributed by atoms with van der Waals surface area (Å²) in [6.07, 6.45) is 3.42. The van der Waals surface area contributed by atoms with Gasteiger partial charge >= 0.3 is 0 Å². The molecule has 3 heterocycles. The Kier molecular flexibility index (Phi) is 3.15. The van der Waals surface area contributed by atoms with Crippen LogP contribution < -0.4 is 5.32 Å². The number of thiophene rings is 1. The van der Waals surface area contributed by atoms with Crippen LogP contribution in [0.1, 0.15) is 18.7 Å². The van der Waals surface area contributed by atoms with Gasteiger partial charge in [0, 0.05) is 6.42 Å². The second kappa shape index (κ2) is 4.93. The summed E-state index contributed by atoms with van der Waals surface area (Å²) in [5, 5.41) is 18.5. The molecule has 0 bridgehead atoms. The number of hydrogen-bond donors (Lipinski definition) is 1. The van der Waals surface area contributed by atoms with Crippen molar-refractivity contribution in [2.24, 2.45) is 5.92 Å². The van der Waals surface area contributed by atoms with E-state index in [4.69, 9.17) is 0 Å². The van der Waals surface area contributed by atoms with Crippen LogP contribution in [-0.2, 0) is 6.42 Å². The van der Waals surface area contributed by atoms with E-state index >= 15 is 0 Å². The highest BCUT2D eigenvalue weighted by atomic mass is 32.1. The maximum Gasteiger partial charge on any atom is 0.157 e. The van der Waals surface area contributed by atoms with Crippen molar-refractivity contribution in [1.29, 1.82) is 0 Å². The zero-order valence-corrected chi connectivity index (χ0v) is 10.4. The van der Waals surface area contributed by atoms with E-state index in [2.05, 4.69) is 20.8 Å². The Morgan fingerprint density at radius 3 is 3.06 bits per heavy atom. The summed E-state index contributed by atoms with van der Waals surface area (Å²) < 4.78 is 1.87. The van der Waals surface area contributed by atoms with E-state index in [1.165, 1.54) is 12.8 Å². The van der Waals surface area contributed by atoms with E-state index < -0.39 is 0 Å². The highest BCUT2D eigenvalue weighted by Crippen LogP contribution is 2.20. The molecule has 0 spiro atoms. The third kappa shape index (κ3) is 2.37. The lowest BCUT2D eigenvalue weighted by Crippen LogP contribution is -2.29. The van der Waals surface area contributed by atoms with Gasteiger partial charge in [-0.1, -0.05) is 0 Å². The van der Waals surface area contributed by atoms with Crippen molar-refractivity contribution in [2.45, 2.75) is 19.3 Å². The van der Waals surface area contributed by atoms with Crippen molar-refractivity contribution in [3.05, 3.63) is 23.3 Å². The first-order valence-electron chi connectivity index (χ1n) is 5.95. The van der Waals surface area contributed by atoms with Gasteiger partial charge in [0.25, 0.3) is 0 Å². The van der Waals surface area contributed by atoms with Crippen LogP contribution in [-0.4, -0.2) is 33.3 Å². The lowest BCUT2D eigenvalue weighted by atomic mass is 9.94. The molecule has 90 valence electrons. The third-order valence-corrected chi connectivity index (χ3v) is 4.02. The maximum atomic E-state index is 4.15. The lowest BCUT2D eigenvalue weighted by molar-refractivity contribution is 0.365. The largest absolute Gasteiger partial charge is 0.317 e. The van der Waals surface area contributed by atoms with E-state index in [0.717, 1.165) is 30.3 Å². The molecule has 0 radical (unpaired) electrons. The summed E-state index contributed by atoms with van der Waals surface area (Å²) in [4.78, 5) is 0. The molecule has 2 aromatic rings. The summed E-state index contributed by atoms with van der Waals surface area (Å²) in [6.45, 7) is 2.23. The number of piperidine rings is 1. The second-order valence-electron chi connectivity index (χ2n) is 4.36. The first kappa shape index (κ1) is 10.9. The van der Waals surface area contributed by atoms with Gasteiger partial charge < -0.3 is 5.32 Å². The molecule has 0 aromatic carbocycles. The van der Waals surface area contributed by atoms with E-state index in [1.807, 2.05) is 22.2 Å². The van der Waals surface area contributed by atoms with Crippen LogP contribution in [0.2, 0.25) is 0 Å². The predicted molar refractivity (Wildman–Crippen MR) is 66.3 cm³/mol. The Labute approximate surface area is 104 Å². The Balaban J connectivity index is 1.77. The van der Waals surface area contributed by atoms with Crippen molar-refractivity contribution in [3.63, 3.8) is 0 Å². The first-order chi connectivity index (χ1) is 8.43. The predicted octanol–water partition coefficient (Wildman–Crippen LogP) is 1.27. The number of aromatic nitrogens is 4. The number of hydrogen-bond acceptors (Lipinski definition) is 5. The molecule has 0 unspecified atom stereocenters. The molecule has 0 aliphatic carbocycles. The number of nitrogens with zero attached hydrogens (tertiary/aromatic N) is 4. The van der Waals surface area contributed by atoms with Gasteiger partial charge in [0.15, 0.2) is 5.82 Å². The molecular formula is C11H15N5S. The van der Waals surface area contributed by atoms with Crippen LogP contribution in [0, 0.1) is 5.92 Å². The number of tetrazole rings is 1. The fraction of sp³-hybridized carbons (Fsp3) is 0.545. The summed E-state index contributed by atoms with van der Waals surface area (Å²) >= 11 is 1.66. The third-order valence-electron chi connectivity index (χ3n) is 3.18. The fourth-order valence-electron chi connectivity index (χ4n) is 2.24. The van der Waals surface area contributed by atoms with Crippen molar-refractivity contribution in [3.8, 4) is 5.00 Å². The minimum absolute atomic E-state index is 0.709. The van der Waals surface area contributed by atoms with Crippen LogP contribution in [0.15, 0.2) is 17.5 Å². The zero-order valence-electron chi connectivity index (χ0n) is 9.54. The van der Waals surface area contributed by atoms with E-state index in [9.17, 15) is 0 Å². The van der Waals surface area contributed by atoms with Gasteiger partial charge in [0.05, 0.1) is 0 Å². The Hall–Kier alpha value is -1.27. The first-order valence-corrected chi connectivity index (χ1v) is 6.83. The van der Waals surface area contributed by atoms with Crippen LogP contribution in [0.25, 0.3) is 5.00 Å². The topological polar surface area (TPSA) is 55.6 Å². The molecule has 0 amide bonds. The van der Waals surface area contributed by atoms with E-state index in [1.54, 1.807) is 11.3 Å². The highest BCUT2D eigenvalue weighted by Gasteiger charge is 2.18. The molecule has 3 rings (SSSR count). The van der Waals surface area contributed by atoms with Gasteiger partial charge in [-0.2, -0.15) is 4.68 Å². The van der Waals surface area contributed by atoms with Gasteiger partial charge in [-0.3, -0.25) is 0 Å². The quantitative estimate of drug-likeness (QED) is 0.890. The van der Waals surface area contributed by atoms with Crippen molar-refractivity contribution in [1.82, 2.24) is 25.5 Å². The van der Waals surface area contributed by atoms with Crippen LogP contribution in [0.4, 0.5) is 0 Å². The van der Waals surface area contributed by atoms with Gasteiger partial charge in [-0.05, 0) is 59.8 Å².